The zero-order valence-electron chi connectivity index (χ0n) is 13.8. The molecule has 0 radical (unpaired) electrons. The molecule has 4 nitrogen and oxygen atoms in total. The Balaban J connectivity index is 2.11. The summed E-state index contributed by atoms with van der Waals surface area (Å²) >= 11 is 0. The average molecular weight is 284 g/mol. The molecule has 0 aromatic carbocycles. The number of nitrogens with one attached hydrogen (secondary N) is 2. The minimum absolute atomic E-state index is 0.280. The van der Waals surface area contributed by atoms with Gasteiger partial charge in [0.1, 0.15) is 5.60 Å². The Kier molecular flexibility index (Phi) is 6.80. The monoisotopic (exact) mass is 284 g/mol. The van der Waals surface area contributed by atoms with E-state index in [9.17, 15) is 4.79 Å². The van der Waals surface area contributed by atoms with Crippen molar-refractivity contribution in [3.63, 3.8) is 0 Å². The van der Waals surface area contributed by atoms with Crippen molar-refractivity contribution in [2.24, 2.45) is 11.8 Å². The molecule has 0 spiro atoms. The van der Waals surface area contributed by atoms with Crippen LogP contribution in [0.2, 0.25) is 0 Å². The van der Waals surface area contributed by atoms with Gasteiger partial charge < -0.3 is 15.4 Å². The second-order valence-electron chi connectivity index (χ2n) is 7.32. The molecule has 4 heteroatoms. The molecule has 1 atom stereocenters. The van der Waals surface area contributed by atoms with Crippen LogP contribution in [0, 0.1) is 11.8 Å². The van der Waals surface area contributed by atoms with Crippen LogP contribution in [-0.2, 0) is 4.74 Å². The maximum absolute atomic E-state index is 11.5. The number of rotatable bonds is 5. The summed E-state index contributed by atoms with van der Waals surface area (Å²) < 4.78 is 5.22. The Hall–Kier alpha value is -0.770. The molecule has 0 aromatic rings. The van der Waals surface area contributed by atoms with Crippen molar-refractivity contribution in [2.75, 3.05) is 13.1 Å². The van der Waals surface area contributed by atoms with Crippen LogP contribution < -0.4 is 10.6 Å². The minimum atomic E-state index is -0.431. The number of hydrogen-bond donors (Lipinski definition) is 2. The molecule has 1 aliphatic carbocycles. The third kappa shape index (κ3) is 7.73. The van der Waals surface area contributed by atoms with Gasteiger partial charge in [-0.3, -0.25) is 0 Å². The first-order valence-corrected chi connectivity index (χ1v) is 7.96. The lowest BCUT2D eigenvalue weighted by molar-refractivity contribution is 0.0523. The Morgan fingerprint density at radius 1 is 1.25 bits per heavy atom. The van der Waals surface area contributed by atoms with Crippen molar-refractivity contribution < 1.29 is 9.53 Å². The van der Waals surface area contributed by atoms with E-state index in [2.05, 4.69) is 24.5 Å². The van der Waals surface area contributed by atoms with Crippen molar-refractivity contribution in [3.05, 3.63) is 0 Å². The van der Waals surface area contributed by atoms with Gasteiger partial charge in [0.05, 0.1) is 0 Å². The van der Waals surface area contributed by atoms with Gasteiger partial charge in [-0.05, 0) is 58.9 Å². The van der Waals surface area contributed by atoms with Crippen molar-refractivity contribution in [2.45, 2.75) is 71.9 Å². The summed E-state index contributed by atoms with van der Waals surface area (Å²) in [6.07, 6.45) is 5.05. The van der Waals surface area contributed by atoms with Crippen molar-refractivity contribution in [1.82, 2.24) is 10.6 Å². The maximum Gasteiger partial charge on any atom is 0.407 e. The van der Waals surface area contributed by atoms with Crippen molar-refractivity contribution in [3.8, 4) is 0 Å². The van der Waals surface area contributed by atoms with Gasteiger partial charge >= 0.3 is 6.09 Å². The largest absolute Gasteiger partial charge is 0.444 e. The number of hydrogen-bond acceptors (Lipinski definition) is 3. The second-order valence-corrected chi connectivity index (χ2v) is 7.32. The van der Waals surface area contributed by atoms with E-state index >= 15 is 0 Å². The lowest BCUT2D eigenvalue weighted by atomic mass is 9.83. The van der Waals surface area contributed by atoms with Gasteiger partial charge in [0.2, 0.25) is 0 Å². The summed E-state index contributed by atoms with van der Waals surface area (Å²) in [4.78, 5) is 11.5. The number of alkyl carbamates (subject to hydrolysis) is 1. The van der Waals surface area contributed by atoms with Crippen LogP contribution in [0.3, 0.4) is 0 Å². The zero-order chi connectivity index (χ0) is 15.2. The minimum Gasteiger partial charge on any atom is -0.444 e. The molecule has 1 aliphatic rings. The molecule has 0 aromatic heterocycles. The van der Waals surface area contributed by atoms with Gasteiger partial charge in [0.25, 0.3) is 0 Å². The van der Waals surface area contributed by atoms with Crippen LogP contribution in [0.25, 0.3) is 0 Å². The highest BCUT2D eigenvalue weighted by molar-refractivity contribution is 5.67. The number of amides is 1. The van der Waals surface area contributed by atoms with E-state index in [1.54, 1.807) is 0 Å². The van der Waals surface area contributed by atoms with E-state index in [0.717, 1.165) is 18.4 Å². The Labute approximate surface area is 124 Å². The molecule has 1 fully saturated rings. The van der Waals surface area contributed by atoms with Gasteiger partial charge in [-0.1, -0.05) is 19.8 Å². The smallest absolute Gasteiger partial charge is 0.407 e. The number of carbonyl (C=O) groups is 1. The molecule has 0 heterocycles. The highest BCUT2D eigenvalue weighted by atomic mass is 16.6. The number of ether oxygens (including phenoxy) is 1. The summed E-state index contributed by atoms with van der Waals surface area (Å²) in [5, 5.41) is 6.33. The fourth-order valence-corrected chi connectivity index (χ4v) is 2.52. The van der Waals surface area contributed by atoms with E-state index in [0.29, 0.717) is 6.54 Å². The van der Waals surface area contributed by atoms with Gasteiger partial charge in [-0.25, -0.2) is 4.79 Å². The van der Waals surface area contributed by atoms with Gasteiger partial charge in [0, 0.05) is 12.6 Å². The first kappa shape index (κ1) is 17.3. The summed E-state index contributed by atoms with van der Waals surface area (Å²) in [7, 11) is 0. The molecule has 1 saturated carbocycles. The topological polar surface area (TPSA) is 50.4 Å². The van der Waals surface area contributed by atoms with Crippen LogP contribution in [0.5, 0.6) is 0 Å². The van der Waals surface area contributed by atoms with Crippen LogP contribution in [0.1, 0.15) is 60.3 Å². The van der Waals surface area contributed by atoms with Crippen molar-refractivity contribution >= 4 is 6.09 Å². The Bertz CT molecular complexity index is 291. The third-order valence-corrected chi connectivity index (χ3v) is 3.84. The van der Waals surface area contributed by atoms with E-state index in [4.69, 9.17) is 4.74 Å². The SMILES string of the molecule is CC1CCC(CNC(C)CNC(=O)OC(C)(C)C)CC1. The van der Waals surface area contributed by atoms with Crippen LogP contribution in [0.4, 0.5) is 4.79 Å². The third-order valence-electron chi connectivity index (χ3n) is 3.84. The highest BCUT2D eigenvalue weighted by Crippen LogP contribution is 2.27. The quantitative estimate of drug-likeness (QED) is 0.814. The summed E-state index contributed by atoms with van der Waals surface area (Å²) in [5.41, 5.74) is -0.431. The average Bonchev–Trinajstić information content (AvgIpc) is 2.33. The fraction of sp³-hybridized carbons (Fsp3) is 0.938. The van der Waals surface area contributed by atoms with E-state index in [1.807, 2.05) is 20.8 Å². The second kappa shape index (κ2) is 7.87. The molecular weight excluding hydrogens is 252 g/mol. The predicted octanol–water partition coefficient (Wildman–Crippen LogP) is 3.32. The first-order chi connectivity index (χ1) is 9.26. The summed E-state index contributed by atoms with van der Waals surface area (Å²) in [6.45, 7) is 11.7. The molecule has 0 saturated heterocycles. The molecule has 1 rings (SSSR count). The number of carbonyl (C=O) groups excluding carboxylic acids is 1. The Morgan fingerprint density at radius 2 is 1.85 bits per heavy atom. The molecule has 118 valence electrons. The standard InChI is InChI=1S/C16H32N2O2/c1-12-6-8-14(9-7-12)11-17-13(2)10-18-15(19)20-16(3,4)5/h12-14,17H,6-11H2,1-5H3,(H,18,19). The van der Waals surface area contributed by atoms with Crippen molar-refractivity contribution in [1.29, 1.82) is 0 Å². The van der Waals surface area contributed by atoms with E-state index in [1.165, 1.54) is 25.7 Å². The normalized spacial score (nSPS) is 25.1. The van der Waals surface area contributed by atoms with Gasteiger partial charge in [-0.15, -0.1) is 0 Å². The van der Waals surface area contributed by atoms with Crippen LogP contribution >= 0.6 is 0 Å². The zero-order valence-corrected chi connectivity index (χ0v) is 13.8. The van der Waals surface area contributed by atoms with Gasteiger partial charge in [-0.2, -0.15) is 0 Å². The maximum atomic E-state index is 11.5. The summed E-state index contributed by atoms with van der Waals surface area (Å²) in [5.74, 6) is 1.70. The lowest BCUT2D eigenvalue weighted by Gasteiger charge is -2.27. The molecule has 20 heavy (non-hydrogen) atoms. The molecule has 1 unspecified atom stereocenters. The molecule has 0 aliphatic heterocycles. The van der Waals surface area contributed by atoms with Crippen LogP contribution in [0.15, 0.2) is 0 Å². The Morgan fingerprint density at radius 3 is 2.40 bits per heavy atom. The van der Waals surface area contributed by atoms with E-state index in [-0.39, 0.29) is 12.1 Å². The summed E-state index contributed by atoms with van der Waals surface area (Å²) in [6, 6.07) is 0.280. The van der Waals surface area contributed by atoms with Crippen LogP contribution in [-0.4, -0.2) is 30.8 Å². The predicted molar refractivity (Wildman–Crippen MR) is 82.8 cm³/mol. The van der Waals surface area contributed by atoms with Gasteiger partial charge in [0.15, 0.2) is 0 Å². The highest BCUT2D eigenvalue weighted by Gasteiger charge is 2.19. The molecule has 1 amide bonds. The molecule has 2 N–H and O–H groups in total. The first-order valence-electron chi connectivity index (χ1n) is 7.96. The lowest BCUT2D eigenvalue weighted by Crippen LogP contribution is -2.42. The fourth-order valence-electron chi connectivity index (χ4n) is 2.52. The van der Waals surface area contributed by atoms with E-state index < -0.39 is 5.60 Å². The molecular formula is C16H32N2O2. The molecule has 0 bridgehead atoms.